The molecular formula is C12H11F6NO4. The second kappa shape index (κ2) is 6.50. The van der Waals surface area contributed by atoms with Crippen LogP contribution in [-0.2, 0) is 17.1 Å². The Morgan fingerprint density at radius 1 is 1.00 bits per heavy atom. The lowest BCUT2D eigenvalue weighted by Crippen LogP contribution is -2.30. The number of hydrogen-bond acceptors (Lipinski definition) is 4. The minimum absolute atomic E-state index is 0.374. The van der Waals surface area contributed by atoms with Gasteiger partial charge in [0.25, 0.3) is 0 Å². The van der Waals surface area contributed by atoms with Gasteiger partial charge in [0, 0.05) is 0 Å². The number of esters is 1. The van der Waals surface area contributed by atoms with Crippen molar-refractivity contribution < 1.29 is 40.6 Å². The van der Waals surface area contributed by atoms with Gasteiger partial charge in [-0.2, -0.15) is 26.3 Å². The molecule has 130 valence electrons. The van der Waals surface area contributed by atoms with Crippen LogP contribution >= 0.6 is 0 Å². The van der Waals surface area contributed by atoms with E-state index < -0.39 is 53.1 Å². The van der Waals surface area contributed by atoms with Gasteiger partial charge < -0.3 is 14.5 Å². The molecule has 0 aliphatic carbocycles. The smallest absolute Gasteiger partial charge is 0.435 e. The Labute approximate surface area is 125 Å². The summed E-state index contributed by atoms with van der Waals surface area (Å²) in [4.78, 5) is 24.6. The molecule has 11 heteroatoms. The Balaban J connectivity index is 3.85. The average molecular weight is 347 g/mol. The number of H-pyrrole nitrogens is 1. The van der Waals surface area contributed by atoms with Crippen molar-refractivity contribution in [2.75, 3.05) is 13.2 Å². The van der Waals surface area contributed by atoms with Gasteiger partial charge in [-0.25, -0.2) is 4.79 Å². The molecule has 1 aromatic rings. The second-order valence-corrected chi connectivity index (χ2v) is 4.06. The van der Waals surface area contributed by atoms with Gasteiger partial charge in [0.2, 0.25) is 5.43 Å². The summed E-state index contributed by atoms with van der Waals surface area (Å²) in [6.07, 6.45) is -10.7. The molecule has 0 saturated carbocycles. The first-order chi connectivity index (χ1) is 10.4. The number of aromatic amines is 1. The minimum atomic E-state index is -5.41. The van der Waals surface area contributed by atoms with E-state index in [0.29, 0.717) is 0 Å². The van der Waals surface area contributed by atoms with Crippen LogP contribution in [0.3, 0.4) is 0 Å². The number of alkyl halides is 6. The zero-order valence-electron chi connectivity index (χ0n) is 11.8. The van der Waals surface area contributed by atoms with Gasteiger partial charge in [0.1, 0.15) is 11.3 Å². The molecule has 1 aromatic heterocycles. The summed E-state index contributed by atoms with van der Waals surface area (Å²) in [5, 5.41) is 0. The highest BCUT2D eigenvalue weighted by Crippen LogP contribution is 2.37. The first-order valence-electron chi connectivity index (χ1n) is 6.19. The van der Waals surface area contributed by atoms with E-state index in [0.717, 1.165) is 4.98 Å². The zero-order valence-corrected chi connectivity index (χ0v) is 11.8. The molecule has 0 fully saturated rings. The lowest BCUT2D eigenvalue weighted by atomic mass is 10.1. The number of rotatable bonds is 4. The molecule has 0 aromatic carbocycles. The largest absolute Gasteiger partial charge is 0.488 e. The maximum Gasteiger partial charge on any atom is 0.435 e. The van der Waals surface area contributed by atoms with E-state index in [4.69, 9.17) is 0 Å². The minimum Gasteiger partial charge on any atom is -0.488 e. The van der Waals surface area contributed by atoms with Crippen LogP contribution in [-0.4, -0.2) is 24.2 Å². The van der Waals surface area contributed by atoms with Crippen molar-refractivity contribution in [2.24, 2.45) is 0 Å². The summed E-state index contributed by atoms with van der Waals surface area (Å²) >= 11 is 0. The molecule has 0 spiro atoms. The van der Waals surface area contributed by atoms with Gasteiger partial charge in [-0.3, -0.25) is 4.79 Å². The van der Waals surface area contributed by atoms with E-state index in [1.807, 2.05) is 0 Å². The zero-order chi connectivity index (χ0) is 18.0. The standard InChI is InChI=1S/C12H11F6NO4/c1-3-22-7-6(20)5(10(21)23-4-2)8(11(13,14)15)19-9(7)12(16,17)18/h3-4H2,1-2H3,(H,19,20). The normalized spacial score (nSPS) is 12.2. The van der Waals surface area contributed by atoms with Crippen LogP contribution < -0.4 is 10.2 Å². The van der Waals surface area contributed by atoms with Crippen molar-refractivity contribution in [2.45, 2.75) is 26.2 Å². The summed E-state index contributed by atoms with van der Waals surface area (Å²) in [6, 6.07) is 0. The maximum absolute atomic E-state index is 12.9. The number of nitrogens with one attached hydrogen (secondary N) is 1. The molecule has 1 N–H and O–H groups in total. The lowest BCUT2D eigenvalue weighted by molar-refractivity contribution is -0.151. The number of carbonyl (C=O) groups excluding carboxylic acids is 1. The Morgan fingerprint density at radius 3 is 1.91 bits per heavy atom. The molecule has 0 aliphatic heterocycles. The Hall–Kier alpha value is -2.20. The summed E-state index contributed by atoms with van der Waals surface area (Å²) in [6.45, 7) is 1.68. The topological polar surface area (TPSA) is 68.4 Å². The predicted molar refractivity (Wildman–Crippen MR) is 64.2 cm³/mol. The van der Waals surface area contributed by atoms with Gasteiger partial charge in [-0.15, -0.1) is 0 Å². The fraction of sp³-hybridized carbons (Fsp3) is 0.500. The first kappa shape index (κ1) is 18.8. The highest BCUT2D eigenvalue weighted by atomic mass is 19.4. The number of aromatic nitrogens is 1. The van der Waals surface area contributed by atoms with E-state index in [9.17, 15) is 35.9 Å². The first-order valence-corrected chi connectivity index (χ1v) is 6.19. The second-order valence-electron chi connectivity index (χ2n) is 4.06. The SMILES string of the molecule is CCOC(=O)c1c(C(F)(F)F)[nH]c(C(F)(F)F)c(OCC)c1=O. The van der Waals surface area contributed by atoms with Crippen LogP contribution in [0, 0.1) is 0 Å². The third-order valence-electron chi connectivity index (χ3n) is 2.50. The Kier molecular flexibility index (Phi) is 5.33. The quantitative estimate of drug-likeness (QED) is 0.672. The molecule has 0 amide bonds. The van der Waals surface area contributed by atoms with Crippen molar-refractivity contribution in [1.82, 2.24) is 4.98 Å². The molecule has 0 aliphatic rings. The van der Waals surface area contributed by atoms with E-state index in [2.05, 4.69) is 9.47 Å². The van der Waals surface area contributed by atoms with Gasteiger partial charge in [0.05, 0.1) is 13.2 Å². The van der Waals surface area contributed by atoms with Gasteiger partial charge in [-0.1, -0.05) is 0 Å². The number of carbonyl (C=O) groups is 1. The molecule has 0 bridgehead atoms. The van der Waals surface area contributed by atoms with Crippen LogP contribution in [0.1, 0.15) is 35.6 Å². The van der Waals surface area contributed by atoms with E-state index in [1.165, 1.54) is 13.8 Å². The van der Waals surface area contributed by atoms with E-state index in [-0.39, 0.29) is 6.61 Å². The summed E-state index contributed by atoms with van der Waals surface area (Å²) in [5.74, 6) is -3.12. The molecule has 5 nitrogen and oxygen atoms in total. The van der Waals surface area contributed by atoms with Crippen molar-refractivity contribution in [3.8, 4) is 5.75 Å². The molecule has 0 radical (unpaired) electrons. The molecule has 0 atom stereocenters. The van der Waals surface area contributed by atoms with Crippen LogP contribution in [0.4, 0.5) is 26.3 Å². The number of halogens is 6. The van der Waals surface area contributed by atoms with Gasteiger partial charge in [0.15, 0.2) is 11.4 Å². The number of hydrogen-bond donors (Lipinski definition) is 1. The van der Waals surface area contributed by atoms with Crippen LogP contribution in [0.25, 0.3) is 0 Å². The summed E-state index contributed by atoms with van der Waals surface area (Å²) in [5.41, 5.74) is -7.60. The van der Waals surface area contributed by atoms with Crippen LogP contribution in [0.2, 0.25) is 0 Å². The Morgan fingerprint density at radius 2 is 1.52 bits per heavy atom. The molecule has 23 heavy (non-hydrogen) atoms. The highest BCUT2D eigenvalue weighted by Gasteiger charge is 2.45. The van der Waals surface area contributed by atoms with Crippen molar-refractivity contribution >= 4 is 5.97 Å². The molecule has 0 unspecified atom stereocenters. The fourth-order valence-corrected chi connectivity index (χ4v) is 1.68. The third kappa shape index (κ3) is 3.96. The fourth-order valence-electron chi connectivity index (χ4n) is 1.68. The predicted octanol–water partition coefficient (Wildman–Crippen LogP) is 2.99. The highest BCUT2D eigenvalue weighted by molar-refractivity contribution is 5.91. The van der Waals surface area contributed by atoms with Crippen LogP contribution in [0.15, 0.2) is 4.79 Å². The lowest BCUT2D eigenvalue weighted by Gasteiger charge is -2.18. The van der Waals surface area contributed by atoms with Crippen molar-refractivity contribution in [1.29, 1.82) is 0 Å². The molecular weight excluding hydrogens is 336 g/mol. The number of pyridine rings is 1. The van der Waals surface area contributed by atoms with Gasteiger partial charge in [-0.05, 0) is 13.8 Å². The number of ether oxygens (including phenoxy) is 2. The molecule has 1 rings (SSSR count). The summed E-state index contributed by atoms with van der Waals surface area (Å²) in [7, 11) is 0. The summed E-state index contributed by atoms with van der Waals surface area (Å²) < 4.78 is 86.2. The third-order valence-corrected chi connectivity index (χ3v) is 2.50. The maximum atomic E-state index is 12.9. The van der Waals surface area contributed by atoms with Crippen molar-refractivity contribution in [3.05, 3.63) is 27.2 Å². The van der Waals surface area contributed by atoms with Crippen molar-refractivity contribution in [3.63, 3.8) is 0 Å². The van der Waals surface area contributed by atoms with Gasteiger partial charge >= 0.3 is 18.3 Å². The molecule has 0 saturated heterocycles. The van der Waals surface area contributed by atoms with E-state index >= 15 is 0 Å². The van der Waals surface area contributed by atoms with E-state index in [1.54, 1.807) is 0 Å². The Bertz CT molecular complexity index is 647. The average Bonchev–Trinajstić information content (AvgIpc) is 2.38. The monoisotopic (exact) mass is 347 g/mol. The molecule has 1 heterocycles. The van der Waals surface area contributed by atoms with Crippen LogP contribution in [0.5, 0.6) is 5.75 Å².